The van der Waals surface area contributed by atoms with Crippen molar-refractivity contribution < 1.29 is 19.8 Å². The van der Waals surface area contributed by atoms with Crippen molar-refractivity contribution in [3.63, 3.8) is 0 Å². The minimum absolute atomic E-state index is 0. The Bertz CT molecular complexity index is 579. The second kappa shape index (κ2) is 6.43. The van der Waals surface area contributed by atoms with Gasteiger partial charge in [-0.25, -0.2) is 4.31 Å². The molecule has 3 rings (SSSR count). The van der Waals surface area contributed by atoms with E-state index < -0.39 is 10.8 Å². The summed E-state index contributed by atoms with van der Waals surface area (Å²) in [7, 11) is -2.68. The predicted octanol–water partition coefficient (Wildman–Crippen LogP) is 3.07. The summed E-state index contributed by atoms with van der Waals surface area (Å²) in [5, 5.41) is 6.84. The summed E-state index contributed by atoms with van der Waals surface area (Å²) in [6.45, 7) is 4.30. The van der Waals surface area contributed by atoms with Gasteiger partial charge in [0, 0.05) is 32.0 Å². The van der Waals surface area contributed by atoms with Crippen molar-refractivity contribution in [1.29, 1.82) is 0 Å². The highest BCUT2D eigenvalue weighted by molar-refractivity contribution is 8.22. The maximum Gasteiger partial charge on any atom is 0.273 e. The minimum Gasteiger partial charge on any atom is -0.360 e. The molecule has 1 aliphatic heterocycles. The van der Waals surface area contributed by atoms with E-state index in [1.165, 1.54) is 0 Å². The minimum atomic E-state index is -2.68. The van der Waals surface area contributed by atoms with E-state index in [-0.39, 0.29) is 19.4 Å². The summed E-state index contributed by atoms with van der Waals surface area (Å²) in [5.74, 6) is 1.35. The third-order valence-electron chi connectivity index (χ3n) is 4.65. The maximum atomic E-state index is 12.3. The average molecular weight is 345 g/mol. The zero-order valence-electron chi connectivity index (χ0n) is 13.6. The first kappa shape index (κ1) is 16.8. The number of aromatic nitrogens is 1. The summed E-state index contributed by atoms with van der Waals surface area (Å²) in [4.78, 5) is 12.3. The highest BCUT2D eigenvalue weighted by Crippen LogP contribution is 2.46. The molecule has 1 aliphatic carbocycles. The molecule has 1 aromatic heterocycles. The van der Waals surface area contributed by atoms with E-state index >= 15 is 0 Å². The molecule has 2 atom stereocenters. The van der Waals surface area contributed by atoms with Crippen molar-refractivity contribution in [2.24, 2.45) is 0 Å². The van der Waals surface area contributed by atoms with Gasteiger partial charge >= 0.3 is 0 Å². The number of nitrogens with one attached hydrogen (secondary N) is 1. The van der Waals surface area contributed by atoms with Crippen molar-refractivity contribution in [3.05, 3.63) is 17.5 Å². The Balaban J connectivity index is 0.00000208. The van der Waals surface area contributed by atoms with Crippen LogP contribution in [0.3, 0.4) is 0 Å². The Hall–Kier alpha value is -1.09. The van der Waals surface area contributed by atoms with Crippen molar-refractivity contribution in [2.45, 2.75) is 57.5 Å². The molecule has 0 spiro atoms. The Morgan fingerprint density at radius 1 is 1.52 bits per heavy atom. The Labute approximate surface area is 139 Å². The van der Waals surface area contributed by atoms with Gasteiger partial charge in [-0.3, -0.25) is 13.9 Å². The van der Waals surface area contributed by atoms with Crippen LogP contribution in [0.1, 0.15) is 63.1 Å². The van der Waals surface area contributed by atoms with E-state index in [0.29, 0.717) is 36.8 Å². The molecule has 2 fully saturated rings. The van der Waals surface area contributed by atoms with E-state index in [9.17, 15) is 13.9 Å². The molecule has 23 heavy (non-hydrogen) atoms. The smallest absolute Gasteiger partial charge is 0.273 e. The monoisotopic (exact) mass is 345 g/mol. The van der Waals surface area contributed by atoms with Crippen LogP contribution in [0.25, 0.3) is 0 Å². The summed E-state index contributed by atoms with van der Waals surface area (Å²) in [6.07, 6.45) is 3.60. The number of rotatable bonds is 5. The number of hydrogen-bond acceptors (Lipinski definition) is 6. The lowest BCUT2D eigenvalue weighted by atomic mass is 10.0. The molecule has 1 aromatic rings. The quantitative estimate of drug-likeness (QED) is 0.758. The van der Waals surface area contributed by atoms with Crippen LogP contribution < -0.4 is 5.32 Å². The van der Waals surface area contributed by atoms with E-state index in [1.54, 1.807) is 17.3 Å². The van der Waals surface area contributed by atoms with Gasteiger partial charge in [0.25, 0.3) is 5.91 Å². The van der Waals surface area contributed by atoms with E-state index in [1.807, 2.05) is 6.92 Å². The highest BCUT2D eigenvalue weighted by Gasteiger charge is 2.34. The van der Waals surface area contributed by atoms with Gasteiger partial charge in [0.2, 0.25) is 0 Å². The molecule has 8 heteroatoms. The van der Waals surface area contributed by atoms with Crippen molar-refractivity contribution >= 4 is 16.7 Å². The number of amides is 1. The first-order chi connectivity index (χ1) is 10.9. The number of piperidine rings is 1. The summed E-state index contributed by atoms with van der Waals surface area (Å²) >= 11 is 0. The number of nitrogens with zero attached hydrogens (tertiary/aromatic N) is 2. The number of carbonyl (C=O) groups is 1. The molecule has 1 amide bonds. The lowest BCUT2D eigenvalue weighted by molar-refractivity contribution is 0.0903. The summed E-state index contributed by atoms with van der Waals surface area (Å²) in [6, 6.07) is 1.76. The highest BCUT2D eigenvalue weighted by atomic mass is 32.3. The molecule has 2 heterocycles. The fourth-order valence-corrected chi connectivity index (χ4v) is 4.49. The zero-order valence-corrected chi connectivity index (χ0v) is 14.4. The number of carbonyl (C=O) groups excluding carboxylic acids is 1. The second-order valence-electron chi connectivity index (χ2n) is 6.49. The molecule has 1 saturated carbocycles. The van der Waals surface area contributed by atoms with Gasteiger partial charge in [-0.1, -0.05) is 5.16 Å². The molecular weight excluding hydrogens is 318 g/mol. The van der Waals surface area contributed by atoms with Crippen LogP contribution in [-0.2, 0) is 0 Å². The van der Waals surface area contributed by atoms with Gasteiger partial charge < -0.3 is 9.84 Å². The molecule has 0 radical (unpaired) electrons. The van der Waals surface area contributed by atoms with Gasteiger partial charge in [-0.15, -0.1) is 10.8 Å². The van der Waals surface area contributed by atoms with Crippen LogP contribution in [0.5, 0.6) is 0 Å². The van der Waals surface area contributed by atoms with Gasteiger partial charge in [-0.2, -0.15) is 0 Å². The first-order valence-electron chi connectivity index (χ1n) is 8.21. The van der Waals surface area contributed by atoms with E-state index in [2.05, 4.69) is 10.5 Å². The van der Waals surface area contributed by atoms with E-state index in [0.717, 1.165) is 18.6 Å². The second-order valence-corrected chi connectivity index (χ2v) is 8.81. The fraction of sp³-hybridized carbons (Fsp3) is 0.733. The molecule has 1 saturated heterocycles. The van der Waals surface area contributed by atoms with Crippen LogP contribution >= 0.6 is 10.8 Å². The predicted molar refractivity (Wildman–Crippen MR) is 90.6 cm³/mol. The average Bonchev–Trinajstić information content (AvgIpc) is 3.24. The van der Waals surface area contributed by atoms with Gasteiger partial charge in [-0.05, 0) is 39.5 Å². The van der Waals surface area contributed by atoms with Crippen LogP contribution in [0.4, 0.5) is 0 Å². The molecule has 7 nitrogen and oxygen atoms in total. The summed E-state index contributed by atoms with van der Waals surface area (Å²) < 4.78 is 27.1. The molecule has 0 aromatic carbocycles. The number of hydrogen-bond donors (Lipinski definition) is 3. The Kier molecular flexibility index (Phi) is 4.68. The van der Waals surface area contributed by atoms with Crippen LogP contribution in [-0.4, -0.2) is 48.9 Å². The largest absolute Gasteiger partial charge is 0.360 e. The topological polar surface area (TPSA) is 98.8 Å². The summed E-state index contributed by atoms with van der Waals surface area (Å²) in [5.41, 5.74) is 0.333. The third kappa shape index (κ3) is 3.71. The molecule has 132 valence electrons. The van der Waals surface area contributed by atoms with Gasteiger partial charge in [0.05, 0.1) is 5.75 Å². The normalized spacial score (nSPS) is 27.0. The van der Waals surface area contributed by atoms with E-state index in [4.69, 9.17) is 4.52 Å². The molecule has 3 N–H and O–H groups in total. The SMILES string of the molecule is CCS(O)(O)N1CC[C@H](NC(=O)c2cc(C3CC3)on2)C[C@H]1C.[HH]. The fourth-order valence-electron chi connectivity index (χ4n) is 3.10. The van der Waals surface area contributed by atoms with Crippen molar-refractivity contribution in [3.8, 4) is 0 Å². The standard InChI is InChI=1S/C15H25N3O4S.H2/c1-3-23(20,21)18-7-6-12(8-10(18)2)16-15(19)13-9-14(22-17-13)11-4-5-11;/h9-12,20-21H,3-8H2,1-2H3,(H,16,19);1H/t10-,12+;/m1./s1. The molecule has 0 unspecified atom stereocenters. The van der Waals surface area contributed by atoms with Gasteiger partial charge in [0.15, 0.2) is 5.69 Å². The van der Waals surface area contributed by atoms with Gasteiger partial charge in [0.1, 0.15) is 5.76 Å². The maximum absolute atomic E-state index is 12.3. The lowest BCUT2D eigenvalue weighted by Gasteiger charge is -2.49. The van der Waals surface area contributed by atoms with Crippen LogP contribution in [0.2, 0.25) is 0 Å². The first-order valence-corrected chi connectivity index (χ1v) is 9.88. The van der Waals surface area contributed by atoms with Crippen molar-refractivity contribution in [2.75, 3.05) is 12.3 Å². The molecule has 0 bridgehead atoms. The lowest BCUT2D eigenvalue weighted by Crippen LogP contribution is -2.49. The Morgan fingerprint density at radius 2 is 2.26 bits per heavy atom. The van der Waals surface area contributed by atoms with Crippen LogP contribution in [0.15, 0.2) is 10.6 Å². The Morgan fingerprint density at radius 3 is 2.87 bits per heavy atom. The molecule has 2 aliphatic rings. The molecular formula is C15H27N3O4S. The third-order valence-corrected chi connectivity index (χ3v) is 6.72. The van der Waals surface area contributed by atoms with Crippen molar-refractivity contribution in [1.82, 2.24) is 14.8 Å². The zero-order chi connectivity index (χ0) is 16.6. The van der Waals surface area contributed by atoms with Crippen LogP contribution in [0, 0.1) is 0 Å².